The average molecular weight is 229 g/mol. The van der Waals surface area contributed by atoms with Crippen LogP contribution in [-0.4, -0.2) is 39.5 Å². The van der Waals surface area contributed by atoms with Crippen molar-refractivity contribution in [3.05, 3.63) is 0 Å². The van der Waals surface area contributed by atoms with E-state index < -0.39 is 0 Å². The molecule has 0 radical (unpaired) electrons. The minimum Gasteiger partial charge on any atom is -0.385 e. The van der Waals surface area contributed by atoms with Crippen LogP contribution in [0.1, 0.15) is 39.0 Å². The summed E-state index contributed by atoms with van der Waals surface area (Å²) in [5, 5.41) is 3.62. The van der Waals surface area contributed by atoms with Gasteiger partial charge in [0.15, 0.2) is 0 Å². The highest BCUT2D eigenvalue weighted by Gasteiger charge is 2.36. The lowest BCUT2D eigenvalue weighted by atomic mass is 10.0. The fraction of sp³-hybridized carbons (Fsp3) is 1.00. The van der Waals surface area contributed by atoms with Crippen molar-refractivity contribution in [1.29, 1.82) is 0 Å². The van der Waals surface area contributed by atoms with Crippen LogP contribution >= 0.6 is 0 Å². The van der Waals surface area contributed by atoms with Crippen molar-refractivity contribution in [3.63, 3.8) is 0 Å². The van der Waals surface area contributed by atoms with Crippen LogP contribution in [0.5, 0.6) is 0 Å². The Kier molecular flexibility index (Phi) is 7.01. The molecule has 16 heavy (non-hydrogen) atoms. The SMILES string of the molecule is CCCNC(CCCOC)C(OC)C1CC1. The molecule has 1 fully saturated rings. The van der Waals surface area contributed by atoms with Crippen LogP contribution in [-0.2, 0) is 9.47 Å². The fourth-order valence-electron chi connectivity index (χ4n) is 2.27. The van der Waals surface area contributed by atoms with E-state index in [1.807, 2.05) is 7.11 Å². The van der Waals surface area contributed by atoms with Crippen molar-refractivity contribution >= 4 is 0 Å². The molecule has 0 aromatic heterocycles. The van der Waals surface area contributed by atoms with Gasteiger partial charge in [-0.05, 0) is 44.6 Å². The van der Waals surface area contributed by atoms with Gasteiger partial charge in [-0.1, -0.05) is 6.92 Å². The average Bonchev–Trinajstić information content (AvgIpc) is 3.10. The first-order valence-electron chi connectivity index (χ1n) is 6.58. The molecule has 1 aliphatic rings. The minimum atomic E-state index is 0.406. The molecule has 0 aliphatic heterocycles. The van der Waals surface area contributed by atoms with E-state index >= 15 is 0 Å². The molecule has 96 valence electrons. The summed E-state index contributed by atoms with van der Waals surface area (Å²) >= 11 is 0. The van der Waals surface area contributed by atoms with E-state index in [4.69, 9.17) is 9.47 Å². The van der Waals surface area contributed by atoms with Gasteiger partial charge >= 0.3 is 0 Å². The Morgan fingerprint density at radius 2 is 2.06 bits per heavy atom. The van der Waals surface area contributed by atoms with Gasteiger partial charge in [-0.15, -0.1) is 0 Å². The highest BCUT2D eigenvalue weighted by Crippen LogP contribution is 2.36. The van der Waals surface area contributed by atoms with Gasteiger partial charge < -0.3 is 14.8 Å². The molecule has 1 saturated carbocycles. The summed E-state index contributed by atoms with van der Waals surface area (Å²) in [7, 11) is 3.61. The highest BCUT2D eigenvalue weighted by molar-refractivity contribution is 4.90. The van der Waals surface area contributed by atoms with Crippen LogP contribution in [0.3, 0.4) is 0 Å². The van der Waals surface area contributed by atoms with Crippen LogP contribution in [0, 0.1) is 5.92 Å². The summed E-state index contributed by atoms with van der Waals surface area (Å²) in [5.41, 5.74) is 0. The summed E-state index contributed by atoms with van der Waals surface area (Å²) in [4.78, 5) is 0. The predicted octanol–water partition coefficient (Wildman–Crippen LogP) is 2.21. The monoisotopic (exact) mass is 229 g/mol. The third-order valence-corrected chi connectivity index (χ3v) is 3.28. The van der Waals surface area contributed by atoms with Gasteiger partial charge in [-0.3, -0.25) is 0 Å². The van der Waals surface area contributed by atoms with Gasteiger partial charge in [0.05, 0.1) is 6.10 Å². The van der Waals surface area contributed by atoms with Gasteiger partial charge in [-0.2, -0.15) is 0 Å². The van der Waals surface area contributed by atoms with Gasteiger partial charge in [-0.25, -0.2) is 0 Å². The van der Waals surface area contributed by atoms with Crippen LogP contribution < -0.4 is 5.32 Å². The summed E-state index contributed by atoms with van der Waals surface area (Å²) < 4.78 is 10.8. The van der Waals surface area contributed by atoms with E-state index in [0.717, 1.165) is 31.9 Å². The molecule has 2 unspecified atom stereocenters. The molecule has 1 aliphatic carbocycles. The molecule has 1 rings (SSSR count). The molecule has 0 heterocycles. The predicted molar refractivity (Wildman–Crippen MR) is 66.7 cm³/mol. The minimum absolute atomic E-state index is 0.406. The fourth-order valence-corrected chi connectivity index (χ4v) is 2.27. The molecule has 0 aromatic carbocycles. The Morgan fingerprint density at radius 1 is 1.31 bits per heavy atom. The molecular formula is C13H27NO2. The summed E-state index contributed by atoms with van der Waals surface area (Å²) in [6, 6.07) is 0.507. The van der Waals surface area contributed by atoms with Gasteiger partial charge in [0.2, 0.25) is 0 Å². The zero-order valence-corrected chi connectivity index (χ0v) is 11.0. The smallest absolute Gasteiger partial charge is 0.0752 e. The van der Waals surface area contributed by atoms with E-state index in [2.05, 4.69) is 12.2 Å². The van der Waals surface area contributed by atoms with Crippen molar-refractivity contribution < 1.29 is 9.47 Å². The first kappa shape index (κ1) is 13.9. The zero-order chi connectivity index (χ0) is 11.8. The molecule has 0 saturated heterocycles. The van der Waals surface area contributed by atoms with Crippen LogP contribution in [0.25, 0.3) is 0 Å². The van der Waals surface area contributed by atoms with E-state index in [9.17, 15) is 0 Å². The lowest BCUT2D eigenvalue weighted by Gasteiger charge is -2.27. The highest BCUT2D eigenvalue weighted by atomic mass is 16.5. The Balaban J connectivity index is 2.33. The standard InChI is InChI=1S/C13H27NO2/c1-4-9-14-12(6-5-10-15-2)13(16-3)11-7-8-11/h11-14H,4-10H2,1-3H3. The second-order valence-electron chi connectivity index (χ2n) is 4.73. The van der Waals surface area contributed by atoms with Crippen LogP contribution in [0.4, 0.5) is 0 Å². The second-order valence-corrected chi connectivity index (χ2v) is 4.73. The first-order valence-corrected chi connectivity index (χ1v) is 6.58. The third kappa shape index (κ3) is 4.81. The number of methoxy groups -OCH3 is 2. The Morgan fingerprint density at radius 3 is 2.56 bits per heavy atom. The molecule has 0 spiro atoms. The van der Waals surface area contributed by atoms with Gasteiger partial charge in [0, 0.05) is 26.9 Å². The zero-order valence-electron chi connectivity index (χ0n) is 11.0. The molecule has 0 aromatic rings. The molecule has 2 atom stereocenters. The topological polar surface area (TPSA) is 30.5 Å². The van der Waals surface area contributed by atoms with E-state index in [-0.39, 0.29) is 0 Å². The van der Waals surface area contributed by atoms with E-state index in [0.29, 0.717) is 12.1 Å². The molecular weight excluding hydrogens is 202 g/mol. The Bertz CT molecular complexity index is 171. The molecule has 0 amide bonds. The number of rotatable bonds is 10. The van der Waals surface area contributed by atoms with Crippen molar-refractivity contribution in [2.24, 2.45) is 5.92 Å². The molecule has 3 heteroatoms. The third-order valence-electron chi connectivity index (χ3n) is 3.28. The maximum Gasteiger partial charge on any atom is 0.0752 e. The van der Waals surface area contributed by atoms with Crippen LogP contribution in [0.2, 0.25) is 0 Å². The largest absolute Gasteiger partial charge is 0.385 e. The van der Waals surface area contributed by atoms with Gasteiger partial charge in [0.1, 0.15) is 0 Å². The van der Waals surface area contributed by atoms with Crippen molar-refractivity contribution in [3.8, 4) is 0 Å². The lowest BCUT2D eigenvalue weighted by Crippen LogP contribution is -2.42. The number of hydrogen-bond donors (Lipinski definition) is 1. The van der Waals surface area contributed by atoms with Crippen molar-refractivity contribution in [1.82, 2.24) is 5.32 Å². The molecule has 0 bridgehead atoms. The maximum absolute atomic E-state index is 5.66. The van der Waals surface area contributed by atoms with Crippen molar-refractivity contribution in [2.45, 2.75) is 51.2 Å². The van der Waals surface area contributed by atoms with E-state index in [1.165, 1.54) is 19.3 Å². The van der Waals surface area contributed by atoms with Crippen molar-refractivity contribution in [2.75, 3.05) is 27.4 Å². The summed E-state index contributed by atoms with van der Waals surface area (Å²) in [6.07, 6.45) is 6.54. The summed E-state index contributed by atoms with van der Waals surface area (Å²) in [5.74, 6) is 0.793. The number of hydrogen-bond acceptors (Lipinski definition) is 3. The maximum atomic E-state index is 5.66. The normalized spacial score (nSPS) is 19.7. The number of nitrogens with one attached hydrogen (secondary N) is 1. The Hall–Kier alpha value is -0.120. The van der Waals surface area contributed by atoms with Gasteiger partial charge in [0.25, 0.3) is 0 Å². The Labute approximate surface area is 99.9 Å². The summed E-state index contributed by atoms with van der Waals surface area (Å²) in [6.45, 7) is 4.15. The van der Waals surface area contributed by atoms with E-state index in [1.54, 1.807) is 7.11 Å². The molecule has 1 N–H and O–H groups in total. The first-order chi connectivity index (χ1) is 7.83. The number of ether oxygens (including phenoxy) is 2. The molecule has 3 nitrogen and oxygen atoms in total. The lowest BCUT2D eigenvalue weighted by molar-refractivity contribution is 0.0452. The second kappa shape index (κ2) is 8.04. The van der Waals surface area contributed by atoms with Crippen LogP contribution in [0.15, 0.2) is 0 Å². The quantitative estimate of drug-likeness (QED) is 0.583.